The average Bonchev–Trinajstić information content (AvgIpc) is 2.93. The lowest BCUT2D eigenvalue weighted by Gasteiger charge is -2.11. The van der Waals surface area contributed by atoms with Crippen molar-refractivity contribution in [3.05, 3.63) is 51.2 Å². The molecule has 4 heteroatoms. The van der Waals surface area contributed by atoms with Gasteiger partial charge in [-0.05, 0) is 43.2 Å². The molecular weight excluding hydrogens is 270 g/mol. The number of rotatable bonds is 5. The van der Waals surface area contributed by atoms with Crippen molar-refractivity contribution in [2.45, 2.75) is 26.8 Å². The molecule has 2 aromatic rings. The van der Waals surface area contributed by atoms with E-state index in [1.165, 1.54) is 16.9 Å². The van der Waals surface area contributed by atoms with Crippen LogP contribution in [0.15, 0.2) is 30.3 Å². The van der Waals surface area contributed by atoms with Crippen molar-refractivity contribution in [1.29, 1.82) is 0 Å². The van der Waals surface area contributed by atoms with E-state index in [1.807, 2.05) is 30.4 Å². The Morgan fingerprint density at radius 3 is 2.65 bits per heavy atom. The minimum Gasteiger partial charge on any atom is -0.465 e. The maximum Gasteiger partial charge on any atom is 0.338 e. The van der Waals surface area contributed by atoms with Gasteiger partial charge in [0.1, 0.15) is 0 Å². The van der Waals surface area contributed by atoms with Gasteiger partial charge in [-0.15, -0.1) is 11.3 Å². The van der Waals surface area contributed by atoms with Gasteiger partial charge < -0.3 is 10.1 Å². The SMILES string of the molecule is CCc1ccc(CNc2cccc(C(=O)OC)c2C)s1. The van der Waals surface area contributed by atoms with Crippen LogP contribution < -0.4 is 5.32 Å². The van der Waals surface area contributed by atoms with E-state index in [4.69, 9.17) is 4.74 Å². The van der Waals surface area contributed by atoms with E-state index in [1.54, 1.807) is 6.07 Å². The average molecular weight is 289 g/mol. The van der Waals surface area contributed by atoms with Crippen molar-refractivity contribution < 1.29 is 9.53 Å². The number of thiophene rings is 1. The van der Waals surface area contributed by atoms with Crippen LogP contribution in [0.4, 0.5) is 5.69 Å². The first-order valence-corrected chi connectivity index (χ1v) is 7.46. The fourth-order valence-corrected chi connectivity index (χ4v) is 2.95. The summed E-state index contributed by atoms with van der Waals surface area (Å²) in [4.78, 5) is 14.3. The summed E-state index contributed by atoms with van der Waals surface area (Å²) in [6, 6.07) is 9.95. The third-order valence-corrected chi connectivity index (χ3v) is 4.49. The van der Waals surface area contributed by atoms with Gasteiger partial charge in [-0.25, -0.2) is 4.79 Å². The molecule has 1 heterocycles. The Kier molecular flexibility index (Phi) is 4.79. The zero-order valence-electron chi connectivity index (χ0n) is 12.0. The van der Waals surface area contributed by atoms with Crippen molar-refractivity contribution in [2.24, 2.45) is 0 Å². The predicted molar refractivity (Wildman–Crippen MR) is 83.5 cm³/mol. The zero-order valence-corrected chi connectivity index (χ0v) is 12.8. The minimum atomic E-state index is -0.296. The van der Waals surface area contributed by atoms with E-state index in [9.17, 15) is 4.79 Å². The highest BCUT2D eigenvalue weighted by atomic mass is 32.1. The standard InChI is InChI=1S/C16H19NO2S/c1-4-12-8-9-13(20-12)10-17-15-7-5-6-14(11(15)2)16(18)19-3/h5-9,17H,4,10H2,1-3H3. The molecule has 0 bridgehead atoms. The van der Waals surface area contributed by atoms with E-state index in [0.29, 0.717) is 5.56 Å². The van der Waals surface area contributed by atoms with Crippen LogP contribution in [0.2, 0.25) is 0 Å². The van der Waals surface area contributed by atoms with Crippen molar-refractivity contribution in [1.82, 2.24) is 0 Å². The highest BCUT2D eigenvalue weighted by Gasteiger charge is 2.11. The van der Waals surface area contributed by atoms with Crippen molar-refractivity contribution in [3.63, 3.8) is 0 Å². The molecule has 0 atom stereocenters. The Labute approximate surface area is 123 Å². The van der Waals surface area contributed by atoms with Crippen LogP contribution in [0.3, 0.4) is 0 Å². The summed E-state index contributed by atoms with van der Waals surface area (Å²) < 4.78 is 4.79. The van der Waals surface area contributed by atoms with E-state index >= 15 is 0 Å². The molecule has 1 aromatic heterocycles. The molecule has 0 amide bonds. The Balaban J connectivity index is 2.11. The van der Waals surface area contributed by atoms with Gasteiger partial charge in [-0.2, -0.15) is 0 Å². The maximum atomic E-state index is 11.7. The smallest absolute Gasteiger partial charge is 0.338 e. The molecule has 0 unspecified atom stereocenters. The van der Waals surface area contributed by atoms with Gasteiger partial charge >= 0.3 is 5.97 Å². The summed E-state index contributed by atoms with van der Waals surface area (Å²) >= 11 is 1.82. The van der Waals surface area contributed by atoms with E-state index in [0.717, 1.165) is 24.2 Å². The number of carbonyl (C=O) groups excluding carboxylic acids is 1. The molecule has 1 N–H and O–H groups in total. The molecule has 20 heavy (non-hydrogen) atoms. The fourth-order valence-electron chi connectivity index (χ4n) is 2.05. The van der Waals surface area contributed by atoms with E-state index < -0.39 is 0 Å². The number of benzene rings is 1. The third kappa shape index (κ3) is 3.20. The molecular formula is C16H19NO2S. The number of nitrogens with one attached hydrogen (secondary N) is 1. The minimum absolute atomic E-state index is 0.296. The Hall–Kier alpha value is -1.81. The number of hydrogen-bond acceptors (Lipinski definition) is 4. The second-order valence-corrected chi connectivity index (χ2v) is 5.80. The topological polar surface area (TPSA) is 38.3 Å². The van der Waals surface area contributed by atoms with Gasteiger partial charge in [0.15, 0.2) is 0 Å². The second-order valence-electron chi connectivity index (χ2n) is 4.54. The highest BCUT2D eigenvalue weighted by Crippen LogP contribution is 2.22. The van der Waals surface area contributed by atoms with E-state index in [-0.39, 0.29) is 5.97 Å². The lowest BCUT2D eigenvalue weighted by Crippen LogP contribution is -2.07. The van der Waals surface area contributed by atoms with Crippen LogP contribution in [0.5, 0.6) is 0 Å². The monoisotopic (exact) mass is 289 g/mol. The molecule has 0 fully saturated rings. The largest absolute Gasteiger partial charge is 0.465 e. The Morgan fingerprint density at radius 2 is 2.00 bits per heavy atom. The van der Waals surface area contributed by atoms with Crippen LogP contribution in [-0.2, 0) is 17.7 Å². The first-order chi connectivity index (χ1) is 9.65. The summed E-state index contributed by atoms with van der Waals surface area (Å²) in [5, 5.41) is 3.39. The molecule has 0 saturated heterocycles. The fraction of sp³-hybridized carbons (Fsp3) is 0.312. The first kappa shape index (κ1) is 14.6. The lowest BCUT2D eigenvalue weighted by atomic mass is 10.1. The summed E-state index contributed by atoms with van der Waals surface area (Å²) in [6.07, 6.45) is 1.07. The Bertz CT molecular complexity index is 604. The van der Waals surface area contributed by atoms with Crippen LogP contribution in [0.25, 0.3) is 0 Å². The van der Waals surface area contributed by atoms with Gasteiger partial charge in [0.25, 0.3) is 0 Å². The van der Waals surface area contributed by atoms with Crippen molar-refractivity contribution in [3.8, 4) is 0 Å². The number of carbonyl (C=O) groups is 1. The number of esters is 1. The molecule has 0 saturated carbocycles. The molecule has 0 spiro atoms. The second kappa shape index (κ2) is 6.57. The van der Waals surface area contributed by atoms with Gasteiger partial charge in [0.2, 0.25) is 0 Å². The zero-order chi connectivity index (χ0) is 14.5. The molecule has 0 aliphatic carbocycles. The Morgan fingerprint density at radius 1 is 1.25 bits per heavy atom. The predicted octanol–water partition coefficient (Wildman–Crippen LogP) is 4.02. The van der Waals surface area contributed by atoms with Gasteiger partial charge in [0, 0.05) is 22.0 Å². The molecule has 3 nitrogen and oxygen atoms in total. The van der Waals surface area contributed by atoms with Crippen LogP contribution in [-0.4, -0.2) is 13.1 Å². The lowest BCUT2D eigenvalue weighted by molar-refractivity contribution is 0.0600. The molecule has 0 aliphatic rings. The molecule has 0 radical (unpaired) electrons. The van der Waals surface area contributed by atoms with Crippen LogP contribution in [0.1, 0.15) is 32.6 Å². The number of hydrogen-bond donors (Lipinski definition) is 1. The molecule has 0 aliphatic heterocycles. The maximum absolute atomic E-state index is 11.7. The third-order valence-electron chi connectivity index (χ3n) is 3.26. The first-order valence-electron chi connectivity index (χ1n) is 6.65. The van der Waals surface area contributed by atoms with Gasteiger partial charge in [0.05, 0.1) is 12.7 Å². The number of ether oxygens (including phenoxy) is 1. The number of anilines is 1. The van der Waals surface area contributed by atoms with Crippen LogP contribution in [0, 0.1) is 6.92 Å². The van der Waals surface area contributed by atoms with Gasteiger partial charge in [-0.3, -0.25) is 0 Å². The summed E-state index contributed by atoms with van der Waals surface area (Å²) in [6.45, 7) is 4.86. The number of methoxy groups -OCH3 is 1. The van der Waals surface area contributed by atoms with Gasteiger partial charge in [-0.1, -0.05) is 13.0 Å². The summed E-state index contributed by atoms with van der Waals surface area (Å²) in [7, 11) is 1.40. The number of aryl methyl sites for hydroxylation is 1. The van der Waals surface area contributed by atoms with Crippen molar-refractivity contribution >= 4 is 23.0 Å². The summed E-state index contributed by atoms with van der Waals surface area (Å²) in [5.74, 6) is -0.296. The highest BCUT2D eigenvalue weighted by molar-refractivity contribution is 7.12. The van der Waals surface area contributed by atoms with E-state index in [2.05, 4.69) is 24.4 Å². The van der Waals surface area contributed by atoms with Crippen molar-refractivity contribution in [2.75, 3.05) is 12.4 Å². The molecule has 1 aromatic carbocycles. The summed E-state index contributed by atoms with van der Waals surface area (Å²) in [5.41, 5.74) is 2.50. The van der Waals surface area contributed by atoms with Crippen LogP contribution >= 0.6 is 11.3 Å². The molecule has 2 rings (SSSR count). The quantitative estimate of drug-likeness (QED) is 0.845. The molecule has 106 valence electrons. The normalized spacial score (nSPS) is 10.3.